The van der Waals surface area contributed by atoms with E-state index in [0.29, 0.717) is 43.5 Å². The highest BCUT2D eigenvalue weighted by Crippen LogP contribution is 2.47. The van der Waals surface area contributed by atoms with E-state index in [1.165, 1.54) is 5.56 Å². The number of benzene rings is 2. The number of amides is 2. The van der Waals surface area contributed by atoms with Crippen molar-refractivity contribution in [1.29, 1.82) is 0 Å². The van der Waals surface area contributed by atoms with Gasteiger partial charge >= 0.3 is 12.2 Å². The zero-order valence-electron chi connectivity index (χ0n) is 39.6. The second kappa shape index (κ2) is 20.7. The summed E-state index contributed by atoms with van der Waals surface area (Å²) < 4.78 is 39.3. The van der Waals surface area contributed by atoms with Crippen molar-refractivity contribution in [3.63, 3.8) is 0 Å². The van der Waals surface area contributed by atoms with Crippen LogP contribution in [0.15, 0.2) is 85.7 Å². The number of piperidine rings is 2. The van der Waals surface area contributed by atoms with Crippen molar-refractivity contribution >= 4 is 68.8 Å². The quantitative estimate of drug-likeness (QED) is 0.166. The van der Waals surface area contributed by atoms with Crippen molar-refractivity contribution in [1.82, 2.24) is 19.8 Å². The van der Waals surface area contributed by atoms with Crippen LogP contribution in [0.1, 0.15) is 130 Å². The fourth-order valence-electron chi connectivity index (χ4n) is 9.68. The molecule has 2 aromatic heterocycles. The molecule has 0 radical (unpaired) electrons. The Morgan fingerprint density at radius 3 is 1.61 bits per heavy atom. The number of nitrogens with zero attached hydrogens (tertiary/aromatic N) is 4. The smallest absolute Gasteiger partial charge is 0.410 e. The molecule has 2 unspecified atom stereocenters. The molecular formula is C53H62Cl2N4O7S. The molecule has 2 atom stereocenters. The average Bonchev–Trinajstić information content (AvgIpc) is 3.49. The van der Waals surface area contributed by atoms with E-state index < -0.39 is 21.3 Å². The molecule has 356 valence electrons. The molecule has 2 saturated heterocycles. The molecule has 4 aromatic rings. The van der Waals surface area contributed by atoms with Gasteiger partial charge in [0.25, 0.3) is 10.1 Å². The van der Waals surface area contributed by atoms with Crippen LogP contribution in [0, 0.1) is 11.8 Å². The molecule has 0 spiro atoms. The Morgan fingerprint density at radius 1 is 0.716 bits per heavy atom. The van der Waals surface area contributed by atoms with Gasteiger partial charge in [0, 0.05) is 66.0 Å². The Morgan fingerprint density at radius 2 is 1.16 bits per heavy atom. The summed E-state index contributed by atoms with van der Waals surface area (Å²) in [5.41, 5.74) is 9.61. The third kappa shape index (κ3) is 12.6. The SMILES string of the molecule is C=CC1=Cc2cc(Cl)ccc2C(C2CCN(C(=O)OC(C)(C)C)CC2)c2ncccc21.CC(C)(C)OC(=O)N1CCC(C2c3ccc(Cl)cc3C=C(CCOS(C)(=O)=O)c3cccnc32)CC1. The number of fused-ring (bicyclic) bond motifs is 4. The molecule has 11 nitrogen and oxygen atoms in total. The summed E-state index contributed by atoms with van der Waals surface area (Å²) in [6.45, 7) is 18.0. The predicted octanol–water partition coefficient (Wildman–Crippen LogP) is 12.3. The van der Waals surface area contributed by atoms with Crippen molar-refractivity contribution in [3.8, 4) is 0 Å². The van der Waals surface area contributed by atoms with Crippen LogP contribution in [-0.4, -0.2) is 90.6 Å². The zero-order chi connectivity index (χ0) is 48.3. The first kappa shape index (κ1) is 49.9. The van der Waals surface area contributed by atoms with Crippen LogP contribution in [0.3, 0.4) is 0 Å². The fraction of sp³-hybridized carbons (Fsp3) is 0.434. The molecular weight excluding hydrogens is 908 g/mol. The lowest BCUT2D eigenvalue weighted by atomic mass is 9.76. The zero-order valence-corrected chi connectivity index (χ0v) is 41.9. The molecule has 2 aromatic carbocycles. The topological polar surface area (TPSA) is 128 Å². The molecule has 8 rings (SSSR count). The summed E-state index contributed by atoms with van der Waals surface area (Å²) in [7, 11) is -3.54. The van der Waals surface area contributed by atoms with Crippen molar-refractivity contribution < 1.29 is 31.7 Å². The van der Waals surface area contributed by atoms with Crippen LogP contribution in [0.4, 0.5) is 9.59 Å². The Labute approximate surface area is 406 Å². The molecule has 2 amide bonds. The number of hydrogen-bond acceptors (Lipinski definition) is 9. The van der Waals surface area contributed by atoms with E-state index in [2.05, 4.69) is 36.9 Å². The lowest BCUT2D eigenvalue weighted by Crippen LogP contribution is -2.42. The molecule has 14 heteroatoms. The van der Waals surface area contributed by atoms with E-state index in [0.717, 1.165) is 87.3 Å². The maximum absolute atomic E-state index is 12.6. The third-order valence-corrected chi connectivity index (χ3v) is 13.6. The minimum absolute atomic E-state index is 0.0128. The first-order chi connectivity index (χ1) is 31.7. The van der Waals surface area contributed by atoms with E-state index in [-0.39, 0.29) is 36.5 Å². The van der Waals surface area contributed by atoms with Crippen LogP contribution < -0.4 is 0 Å². The van der Waals surface area contributed by atoms with Crippen LogP contribution in [0.2, 0.25) is 10.0 Å². The number of carbonyl (C=O) groups excluding carboxylic acids is 2. The molecule has 2 fully saturated rings. The van der Waals surface area contributed by atoms with Crippen molar-refractivity contribution in [3.05, 3.63) is 141 Å². The van der Waals surface area contributed by atoms with E-state index in [4.69, 9.17) is 46.8 Å². The summed E-state index contributed by atoms with van der Waals surface area (Å²) in [4.78, 5) is 38.4. The first-order valence-corrected chi connectivity index (χ1v) is 25.6. The van der Waals surface area contributed by atoms with Gasteiger partial charge in [-0.25, -0.2) is 9.59 Å². The van der Waals surface area contributed by atoms with Crippen LogP contribution in [0.25, 0.3) is 23.3 Å². The summed E-state index contributed by atoms with van der Waals surface area (Å²) >= 11 is 12.7. The van der Waals surface area contributed by atoms with E-state index in [9.17, 15) is 18.0 Å². The number of halogens is 2. The predicted molar refractivity (Wildman–Crippen MR) is 267 cm³/mol. The molecule has 2 aliphatic heterocycles. The number of allylic oxidation sites excluding steroid dienone is 2. The summed E-state index contributed by atoms with van der Waals surface area (Å²) in [5.74, 6) is 0.777. The van der Waals surface area contributed by atoms with Gasteiger partial charge in [0.2, 0.25) is 0 Å². The minimum Gasteiger partial charge on any atom is -0.444 e. The van der Waals surface area contributed by atoms with Gasteiger partial charge in [0.15, 0.2) is 0 Å². The van der Waals surface area contributed by atoms with Gasteiger partial charge in [-0.05, 0) is 167 Å². The number of ether oxygens (including phenoxy) is 2. The normalized spacial score (nSPS) is 18.8. The molecule has 4 aliphatic rings. The van der Waals surface area contributed by atoms with Gasteiger partial charge in [-0.15, -0.1) is 0 Å². The number of aromatic nitrogens is 2. The van der Waals surface area contributed by atoms with Crippen LogP contribution in [-0.2, 0) is 23.8 Å². The van der Waals surface area contributed by atoms with Gasteiger partial charge in [0.05, 0.1) is 24.3 Å². The van der Waals surface area contributed by atoms with Gasteiger partial charge in [-0.3, -0.25) is 14.2 Å². The molecule has 0 saturated carbocycles. The molecule has 2 aliphatic carbocycles. The summed E-state index contributed by atoms with van der Waals surface area (Å²) in [6.07, 6.45) is 14.2. The van der Waals surface area contributed by atoms with Gasteiger partial charge in [0.1, 0.15) is 11.2 Å². The standard InChI is InChI=1S/C27H33ClN2O5S.C26H29ClN2O2/c1-27(2,3)35-26(31)30-13-9-18(10-14-30)24-22-8-7-21(28)17-20(22)16-19(11-15-34-36(4,32)33)23-6-5-12-29-25(23)24;1-5-17-15-19-16-20(27)8-9-21(19)23(24-22(17)7-6-12-28-24)18-10-13-29(14-11-18)25(30)31-26(2,3)4/h5-8,12,16-18,24H,9-11,13-15H2,1-4H3;5-9,12,15-16,18,23H,1,10-11,13-14H2,2-4H3. The Balaban J connectivity index is 0.000000201. The maximum atomic E-state index is 12.6. The summed E-state index contributed by atoms with van der Waals surface area (Å²) in [6, 6.07) is 20.0. The van der Waals surface area contributed by atoms with Gasteiger partial charge in [-0.2, -0.15) is 8.42 Å². The number of pyridine rings is 2. The number of rotatable bonds is 7. The van der Waals surface area contributed by atoms with E-state index in [1.54, 1.807) is 11.1 Å². The highest BCUT2D eigenvalue weighted by Gasteiger charge is 2.38. The second-order valence-corrected chi connectivity index (χ2v) is 22.3. The first-order valence-electron chi connectivity index (χ1n) is 23.0. The number of hydrogen-bond donors (Lipinski definition) is 0. The number of likely N-dealkylation sites (tertiary alicyclic amines) is 2. The Bertz CT molecular complexity index is 2660. The molecule has 0 bridgehead atoms. The Hall–Kier alpha value is -5.01. The second-order valence-electron chi connectivity index (χ2n) is 19.7. The largest absolute Gasteiger partial charge is 0.444 e. The van der Waals surface area contributed by atoms with Gasteiger partial charge < -0.3 is 19.3 Å². The number of carbonyl (C=O) groups is 2. The highest BCUT2D eigenvalue weighted by molar-refractivity contribution is 7.85. The van der Waals surface area contributed by atoms with Crippen molar-refractivity contribution in [2.75, 3.05) is 39.0 Å². The molecule has 0 N–H and O–H groups in total. The van der Waals surface area contributed by atoms with E-state index in [1.807, 2.05) is 101 Å². The highest BCUT2D eigenvalue weighted by atomic mass is 35.5. The van der Waals surface area contributed by atoms with Crippen molar-refractivity contribution in [2.24, 2.45) is 11.8 Å². The van der Waals surface area contributed by atoms with E-state index >= 15 is 0 Å². The minimum atomic E-state index is -3.54. The lowest BCUT2D eigenvalue weighted by molar-refractivity contribution is 0.0167. The van der Waals surface area contributed by atoms with Crippen LogP contribution >= 0.6 is 23.2 Å². The maximum Gasteiger partial charge on any atom is 0.410 e. The lowest BCUT2D eigenvalue weighted by Gasteiger charge is -2.37. The third-order valence-electron chi connectivity index (χ3n) is 12.5. The fourth-order valence-corrected chi connectivity index (χ4v) is 10.4. The van der Waals surface area contributed by atoms with Gasteiger partial charge in [-0.1, -0.05) is 66.2 Å². The molecule has 67 heavy (non-hydrogen) atoms. The average molecular weight is 970 g/mol. The monoisotopic (exact) mass is 968 g/mol. The van der Waals surface area contributed by atoms with Crippen molar-refractivity contribution in [2.45, 2.75) is 96.7 Å². The Kier molecular flexibility index (Phi) is 15.4. The summed E-state index contributed by atoms with van der Waals surface area (Å²) in [5, 5.41) is 1.35. The van der Waals surface area contributed by atoms with Crippen LogP contribution in [0.5, 0.6) is 0 Å². The molecule has 4 heterocycles.